The van der Waals surface area contributed by atoms with Gasteiger partial charge in [-0.1, -0.05) is 151 Å². The highest BCUT2D eigenvalue weighted by molar-refractivity contribution is 4.96. The maximum absolute atomic E-state index is 10.5. The Morgan fingerprint density at radius 2 is 1.18 bits per heavy atom. The highest BCUT2D eigenvalue weighted by Crippen LogP contribution is 2.23. The van der Waals surface area contributed by atoms with Crippen molar-refractivity contribution in [3.63, 3.8) is 0 Å². The van der Waals surface area contributed by atoms with Crippen LogP contribution in [0.25, 0.3) is 0 Å². The first-order chi connectivity index (χ1) is 30.1. The van der Waals surface area contributed by atoms with Gasteiger partial charge in [-0.2, -0.15) is 0 Å². The molecule has 4 atom stereocenters. The Bertz CT molecular complexity index is 1220. The molecule has 0 saturated carbocycles. The molecule has 1 aromatic heterocycles. The van der Waals surface area contributed by atoms with Crippen LogP contribution >= 0.6 is 0 Å². The van der Waals surface area contributed by atoms with E-state index in [-0.39, 0.29) is 25.0 Å². The van der Waals surface area contributed by atoms with Crippen LogP contribution in [0.5, 0.6) is 0 Å². The van der Waals surface area contributed by atoms with Crippen molar-refractivity contribution in [2.75, 3.05) is 40.0 Å². The minimum Gasteiger partial charge on any atom is -0.394 e. The Hall–Kier alpha value is -2.14. The lowest BCUT2D eigenvalue weighted by atomic mass is 10.0. The van der Waals surface area contributed by atoms with Crippen molar-refractivity contribution in [2.24, 2.45) is 0 Å². The van der Waals surface area contributed by atoms with E-state index in [9.17, 15) is 10.2 Å². The largest absolute Gasteiger partial charge is 0.394 e. The van der Waals surface area contributed by atoms with Crippen LogP contribution in [0.15, 0.2) is 54.8 Å². The molecule has 0 spiro atoms. The summed E-state index contributed by atoms with van der Waals surface area (Å²) in [4.78, 5) is 2.28. The number of rotatable bonds is 42. The second-order valence-corrected chi connectivity index (χ2v) is 17.6. The summed E-state index contributed by atoms with van der Waals surface area (Å²) in [6.45, 7) is 8.06. The lowest BCUT2D eigenvalue weighted by Crippen LogP contribution is -2.40. The van der Waals surface area contributed by atoms with Crippen molar-refractivity contribution in [2.45, 2.75) is 231 Å². The molecule has 9 heteroatoms. The molecule has 4 unspecified atom stereocenters. The van der Waals surface area contributed by atoms with E-state index < -0.39 is 6.10 Å². The molecule has 2 N–H and O–H groups in total. The first kappa shape index (κ1) is 55.0. The summed E-state index contributed by atoms with van der Waals surface area (Å²) >= 11 is 0. The van der Waals surface area contributed by atoms with E-state index in [0.29, 0.717) is 19.6 Å². The Morgan fingerprint density at radius 3 is 1.70 bits per heavy atom. The van der Waals surface area contributed by atoms with E-state index in [0.717, 1.165) is 70.4 Å². The summed E-state index contributed by atoms with van der Waals surface area (Å²) in [5, 5.41) is 28.4. The van der Waals surface area contributed by atoms with Gasteiger partial charge >= 0.3 is 0 Å². The van der Waals surface area contributed by atoms with E-state index in [2.05, 4.69) is 84.7 Å². The average Bonchev–Trinajstić information content (AvgIpc) is 3.72. The van der Waals surface area contributed by atoms with Gasteiger partial charge in [0, 0.05) is 26.2 Å². The molecule has 1 saturated heterocycles. The van der Waals surface area contributed by atoms with Crippen molar-refractivity contribution in [1.29, 1.82) is 0 Å². The molecule has 2 rings (SSSR count). The van der Waals surface area contributed by atoms with Gasteiger partial charge in [-0.25, -0.2) is 4.68 Å². The molecule has 1 aliphatic rings. The second kappa shape index (κ2) is 40.6. The van der Waals surface area contributed by atoms with E-state index in [1.165, 1.54) is 135 Å². The Labute approximate surface area is 374 Å². The number of allylic oxidation sites excluding steroid dienone is 8. The molecule has 0 bridgehead atoms. The van der Waals surface area contributed by atoms with Crippen LogP contribution in [0.2, 0.25) is 0 Å². The summed E-state index contributed by atoms with van der Waals surface area (Å²) in [5.74, 6) is 0. The summed E-state index contributed by atoms with van der Waals surface area (Å²) in [6.07, 6.45) is 54.4. The van der Waals surface area contributed by atoms with Crippen molar-refractivity contribution in [3.8, 4) is 0 Å². The van der Waals surface area contributed by atoms with E-state index in [4.69, 9.17) is 14.2 Å². The quantitative estimate of drug-likeness (QED) is 0.0381. The summed E-state index contributed by atoms with van der Waals surface area (Å²) in [7, 11) is 2.12. The van der Waals surface area contributed by atoms with Gasteiger partial charge in [-0.05, 0) is 110 Å². The fraction of sp³-hybridized carbons (Fsp3) is 0.808. The lowest BCUT2D eigenvalue weighted by Gasteiger charge is -2.32. The number of hydrogen-bond acceptors (Lipinski definition) is 8. The second-order valence-electron chi connectivity index (χ2n) is 17.6. The van der Waals surface area contributed by atoms with Gasteiger partial charge in [0.1, 0.15) is 6.04 Å². The number of ether oxygens (including phenoxy) is 3. The van der Waals surface area contributed by atoms with Gasteiger partial charge < -0.3 is 29.3 Å². The van der Waals surface area contributed by atoms with Gasteiger partial charge in [0.15, 0.2) is 6.29 Å². The van der Waals surface area contributed by atoms with Gasteiger partial charge in [-0.15, -0.1) is 5.10 Å². The summed E-state index contributed by atoms with van der Waals surface area (Å²) in [6, 6.07) is -0.266. The number of hydrogen-bond donors (Lipinski definition) is 2. The summed E-state index contributed by atoms with van der Waals surface area (Å²) in [5.41, 5.74) is 0.887. The molecular weight excluding hydrogens is 761 g/mol. The molecule has 352 valence electrons. The van der Waals surface area contributed by atoms with Crippen LogP contribution in [0.3, 0.4) is 0 Å². The smallest absolute Gasteiger partial charge is 0.157 e. The zero-order valence-corrected chi connectivity index (χ0v) is 39.7. The molecule has 9 nitrogen and oxygen atoms in total. The SMILES string of the molecule is CCCCC/C=C\C/C=C\CCCCCCCCOC(CCCCCCC/C=C\C/C=C\CCCCC)OCCCCCCN(C)Cc1cn(C2COC(CO)CC2O)nn1. The molecule has 1 fully saturated rings. The maximum atomic E-state index is 10.5. The molecule has 0 aromatic carbocycles. The number of unbranched alkanes of at least 4 members (excludes halogenated alkanes) is 20. The standard InChI is InChI=1S/C52H94N4O5/c1-4-6-8-10-12-14-16-18-20-22-24-26-28-30-33-37-41-59-52(39-35-31-29-27-25-23-21-19-17-15-13-11-9-7-5-2)60-42-38-34-32-36-40-55(3)44-48-45-56(54-53-48)50-47-61-49(46-57)43-51(50)58/h12-15,18-21,45,49-52,57-58H,4-11,16-17,22-44,46-47H2,1-3H3/b14-12-,15-13-,20-18-,21-19-. The Kier molecular flexibility index (Phi) is 36.6. The van der Waals surface area contributed by atoms with Crippen molar-refractivity contribution in [1.82, 2.24) is 19.9 Å². The third-order valence-electron chi connectivity index (χ3n) is 11.8. The molecule has 1 aromatic rings. The third kappa shape index (κ3) is 31.4. The van der Waals surface area contributed by atoms with Crippen LogP contribution in [-0.4, -0.2) is 88.6 Å². The predicted octanol–water partition coefficient (Wildman–Crippen LogP) is 12.9. The molecule has 1 aliphatic heterocycles. The number of aliphatic hydroxyl groups is 2. The zero-order valence-electron chi connectivity index (χ0n) is 39.7. The first-order valence-corrected chi connectivity index (χ1v) is 25.4. The third-order valence-corrected chi connectivity index (χ3v) is 11.8. The highest BCUT2D eigenvalue weighted by atomic mass is 16.7. The van der Waals surface area contributed by atoms with E-state index in [1.54, 1.807) is 4.68 Å². The molecule has 0 amide bonds. The fourth-order valence-corrected chi connectivity index (χ4v) is 7.82. The number of aliphatic hydroxyl groups excluding tert-OH is 2. The molecule has 2 heterocycles. The minimum absolute atomic E-state index is 0.0759. The highest BCUT2D eigenvalue weighted by Gasteiger charge is 2.31. The van der Waals surface area contributed by atoms with Crippen molar-refractivity contribution >= 4 is 0 Å². The van der Waals surface area contributed by atoms with Crippen LogP contribution in [0.4, 0.5) is 0 Å². The Balaban J connectivity index is 1.58. The van der Waals surface area contributed by atoms with Crippen LogP contribution < -0.4 is 0 Å². The van der Waals surface area contributed by atoms with Crippen molar-refractivity contribution < 1.29 is 24.4 Å². The minimum atomic E-state index is -0.602. The number of nitrogens with zero attached hydrogens (tertiary/aromatic N) is 4. The van der Waals surface area contributed by atoms with Gasteiger partial charge in [0.2, 0.25) is 0 Å². The first-order valence-electron chi connectivity index (χ1n) is 25.4. The average molecular weight is 855 g/mol. The molecule has 61 heavy (non-hydrogen) atoms. The van der Waals surface area contributed by atoms with Crippen molar-refractivity contribution in [3.05, 3.63) is 60.5 Å². The van der Waals surface area contributed by atoms with Crippen LogP contribution in [0.1, 0.15) is 212 Å². The van der Waals surface area contributed by atoms with Gasteiger partial charge in [0.05, 0.1) is 37.3 Å². The monoisotopic (exact) mass is 855 g/mol. The lowest BCUT2D eigenvalue weighted by molar-refractivity contribution is -0.148. The Morgan fingerprint density at radius 1 is 0.689 bits per heavy atom. The zero-order chi connectivity index (χ0) is 43.7. The van der Waals surface area contributed by atoms with E-state index >= 15 is 0 Å². The molecule has 0 radical (unpaired) electrons. The maximum Gasteiger partial charge on any atom is 0.157 e. The van der Waals surface area contributed by atoms with Gasteiger partial charge in [0.25, 0.3) is 0 Å². The van der Waals surface area contributed by atoms with Gasteiger partial charge in [-0.3, -0.25) is 0 Å². The summed E-state index contributed by atoms with van der Waals surface area (Å²) < 4.78 is 20.1. The molecular formula is C52H94N4O5. The predicted molar refractivity (Wildman–Crippen MR) is 256 cm³/mol. The normalized spacial score (nSPS) is 18.0. The molecule has 0 aliphatic carbocycles. The fourth-order valence-electron chi connectivity index (χ4n) is 7.82. The van der Waals surface area contributed by atoms with Crippen LogP contribution in [-0.2, 0) is 20.8 Å². The topological polar surface area (TPSA) is 102 Å². The number of aromatic nitrogens is 3. The van der Waals surface area contributed by atoms with E-state index in [1.807, 2.05) is 6.20 Å². The van der Waals surface area contributed by atoms with Crippen LogP contribution in [0, 0.1) is 0 Å².